The highest BCUT2D eigenvalue weighted by atomic mass is 19.3. The van der Waals surface area contributed by atoms with Crippen LogP contribution in [0.3, 0.4) is 0 Å². The lowest BCUT2D eigenvalue weighted by molar-refractivity contribution is -0.0499. The van der Waals surface area contributed by atoms with Crippen molar-refractivity contribution in [3.8, 4) is 11.6 Å². The van der Waals surface area contributed by atoms with Crippen molar-refractivity contribution < 1.29 is 23.1 Å². The van der Waals surface area contributed by atoms with Gasteiger partial charge in [0.2, 0.25) is 0 Å². The Morgan fingerprint density at radius 3 is 2.62 bits per heavy atom. The van der Waals surface area contributed by atoms with Gasteiger partial charge in [-0.25, -0.2) is 15.0 Å². The van der Waals surface area contributed by atoms with Crippen molar-refractivity contribution in [3.63, 3.8) is 0 Å². The number of nitrogens with two attached hydrogens (primary N) is 1. The molecular weight excluding hydrogens is 424 g/mol. The number of nitrogens with zero attached hydrogens (tertiary/aromatic N) is 5. The molecule has 1 aliphatic carbocycles. The van der Waals surface area contributed by atoms with Gasteiger partial charge >= 0.3 is 6.61 Å². The number of hydrogen-bond donors (Lipinski definition) is 2. The van der Waals surface area contributed by atoms with Gasteiger partial charge in [0.1, 0.15) is 24.1 Å². The van der Waals surface area contributed by atoms with Crippen molar-refractivity contribution in [2.24, 2.45) is 5.73 Å². The van der Waals surface area contributed by atoms with E-state index in [-0.39, 0.29) is 28.7 Å². The maximum Gasteiger partial charge on any atom is 0.387 e. The first-order chi connectivity index (χ1) is 15.3. The van der Waals surface area contributed by atoms with Crippen LogP contribution >= 0.6 is 0 Å². The summed E-state index contributed by atoms with van der Waals surface area (Å²) in [4.78, 5) is 36.3. The van der Waals surface area contributed by atoms with Crippen molar-refractivity contribution in [3.05, 3.63) is 59.6 Å². The average molecular weight is 443 g/mol. The summed E-state index contributed by atoms with van der Waals surface area (Å²) in [6.45, 7) is -1.31. The van der Waals surface area contributed by atoms with Crippen LogP contribution in [0.4, 0.5) is 8.78 Å². The first-order valence-electron chi connectivity index (χ1n) is 9.74. The molecule has 1 saturated carbocycles. The number of amides is 2. The Morgan fingerprint density at radius 1 is 1.16 bits per heavy atom. The number of aromatic nitrogens is 5. The minimum absolute atomic E-state index is 0.00316. The molecule has 2 aromatic heterocycles. The monoisotopic (exact) mass is 443 g/mol. The first kappa shape index (κ1) is 21.3. The number of ether oxygens (including phenoxy) is 1. The predicted octanol–water partition coefficient (Wildman–Crippen LogP) is 2.13. The van der Waals surface area contributed by atoms with Gasteiger partial charge in [0.25, 0.3) is 11.8 Å². The maximum absolute atomic E-state index is 12.9. The lowest BCUT2D eigenvalue weighted by Gasteiger charge is -2.16. The molecule has 0 saturated heterocycles. The van der Waals surface area contributed by atoms with Crippen molar-refractivity contribution in [1.82, 2.24) is 30.0 Å². The third-order valence-electron chi connectivity index (χ3n) is 4.90. The Labute approximate surface area is 180 Å². The van der Waals surface area contributed by atoms with Crippen molar-refractivity contribution in [2.75, 3.05) is 0 Å². The lowest BCUT2D eigenvalue weighted by atomic mass is 10.1. The van der Waals surface area contributed by atoms with Gasteiger partial charge in [-0.3, -0.25) is 9.59 Å². The van der Waals surface area contributed by atoms with E-state index in [0.29, 0.717) is 5.82 Å². The standard InChI is InChI=1S/C20H19F2N7O3/c1-10(18-26-9-27-29(18)16-7-15(17(23)30)24-8-25-16)28-19(31)13-4-12(11-2-3-11)5-14(6-13)32-20(21)22/h4-11,20H,2-3H2,1H3,(H2,23,30)(H,28,31)/t10-/m0/s1. The number of carbonyl (C=O) groups excluding carboxylic acids is 2. The fourth-order valence-corrected chi connectivity index (χ4v) is 3.24. The van der Waals surface area contributed by atoms with Gasteiger partial charge in [0.15, 0.2) is 11.6 Å². The predicted molar refractivity (Wildman–Crippen MR) is 106 cm³/mol. The van der Waals surface area contributed by atoms with Gasteiger partial charge in [0, 0.05) is 11.6 Å². The van der Waals surface area contributed by atoms with E-state index >= 15 is 0 Å². The van der Waals surface area contributed by atoms with Crippen LogP contribution in [0.5, 0.6) is 5.75 Å². The zero-order chi connectivity index (χ0) is 22.8. The van der Waals surface area contributed by atoms with Gasteiger partial charge in [-0.15, -0.1) is 0 Å². The van der Waals surface area contributed by atoms with Crippen LogP contribution in [0.15, 0.2) is 36.9 Å². The minimum Gasteiger partial charge on any atom is -0.435 e. The Bertz CT molecular complexity index is 1160. The van der Waals surface area contributed by atoms with Crippen LogP contribution in [-0.4, -0.2) is 43.2 Å². The van der Waals surface area contributed by atoms with Crippen molar-refractivity contribution >= 4 is 11.8 Å². The summed E-state index contributed by atoms with van der Waals surface area (Å²) in [6, 6.07) is 5.19. The summed E-state index contributed by atoms with van der Waals surface area (Å²) in [5.41, 5.74) is 6.23. The van der Waals surface area contributed by atoms with E-state index in [1.807, 2.05) is 0 Å². The van der Waals surface area contributed by atoms with Crippen molar-refractivity contribution in [2.45, 2.75) is 38.3 Å². The van der Waals surface area contributed by atoms with Crippen LogP contribution in [-0.2, 0) is 0 Å². The molecule has 12 heteroatoms. The molecule has 0 aliphatic heterocycles. The van der Waals surface area contributed by atoms with Gasteiger partial charge < -0.3 is 15.8 Å². The quantitative estimate of drug-likeness (QED) is 0.544. The molecule has 32 heavy (non-hydrogen) atoms. The Hall–Kier alpha value is -3.96. The Morgan fingerprint density at radius 2 is 1.94 bits per heavy atom. The highest BCUT2D eigenvalue weighted by Gasteiger charge is 2.26. The number of primary amides is 1. The topological polar surface area (TPSA) is 138 Å². The van der Waals surface area contributed by atoms with E-state index in [2.05, 4.69) is 30.1 Å². The van der Waals surface area contributed by atoms with Gasteiger partial charge in [-0.2, -0.15) is 18.6 Å². The lowest BCUT2D eigenvalue weighted by Crippen LogP contribution is -2.29. The first-order valence-corrected chi connectivity index (χ1v) is 9.74. The van der Waals surface area contributed by atoms with Gasteiger partial charge in [0.05, 0.1) is 6.04 Å². The third-order valence-corrected chi connectivity index (χ3v) is 4.90. The number of hydrogen-bond acceptors (Lipinski definition) is 7. The zero-order valence-electron chi connectivity index (χ0n) is 16.9. The Kier molecular flexibility index (Phi) is 5.75. The molecule has 166 valence electrons. The number of alkyl halides is 2. The summed E-state index contributed by atoms with van der Waals surface area (Å²) in [6.07, 6.45) is 4.31. The molecule has 3 aromatic rings. The number of rotatable bonds is 8. The maximum atomic E-state index is 12.9. The number of halogens is 2. The molecule has 0 radical (unpaired) electrons. The van der Waals surface area contributed by atoms with Gasteiger partial charge in [-0.05, 0) is 49.4 Å². The molecule has 1 aromatic carbocycles. The number of carbonyl (C=O) groups is 2. The van der Waals surface area contributed by atoms with Crippen LogP contribution in [0, 0.1) is 0 Å². The van der Waals surface area contributed by atoms with Crippen LogP contribution < -0.4 is 15.8 Å². The number of nitrogens with one attached hydrogen (secondary N) is 1. The van der Waals surface area contributed by atoms with Gasteiger partial charge in [-0.1, -0.05) is 0 Å². The summed E-state index contributed by atoms with van der Waals surface area (Å²) in [5.74, 6) is -0.477. The number of benzene rings is 1. The third kappa shape index (κ3) is 4.68. The van der Waals surface area contributed by atoms with E-state index < -0.39 is 24.5 Å². The molecule has 0 unspecified atom stereocenters. The van der Waals surface area contributed by atoms with E-state index in [9.17, 15) is 18.4 Å². The molecule has 10 nitrogen and oxygen atoms in total. The minimum atomic E-state index is -2.99. The molecule has 0 bridgehead atoms. The fraction of sp³-hybridized carbons (Fsp3) is 0.300. The van der Waals surface area contributed by atoms with E-state index in [4.69, 9.17) is 5.73 Å². The summed E-state index contributed by atoms with van der Waals surface area (Å²) < 4.78 is 31.3. The molecule has 0 spiro atoms. The second kappa shape index (κ2) is 8.65. The summed E-state index contributed by atoms with van der Waals surface area (Å²) >= 11 is 0. The largest absolute Gasteiger partial charge is 0.435 e. The molecule has 1 fully saturated rings. The fourth-order valence-electron chi connectivity index (χ4n) is 3.24. The van der Waals surface area contributed by atoms with E-state index in [1.165, 1.54) is 29.2 Å². The zero-order valence-corrected chi connectivity index (χ0v) is 16.9. The summed E-state index contributed by atoms with van der Waals surface area (Å²) in [7, 11) is 0. The molecule has 3 N–H and O–H groups in total. The second-order valence-corrected chi connectivity index (χ2v) is 7.29. The molecule has 4 rings (SSSR count). The smallest absolute Gasteiger partial charge is 0.387 e. The van der Waals surface area contributed by atoms with E-state index in [0.717, 1.165) is 24.7 Å². The highest BCUT2D eigenvalue weighted by Crippen LogP contribution is 2.41. The summed E-state index contributed by atoms with van der Waals surface area (Å²) in [5, 5.41) is 6.86. The molecule has 1 aliphatic rings. The molecule has 2 amide bonds. The normalized spacial score (nSPS) is 14.2. The van der Waals surface area contributed by atoms with Crippen LogP contribution in [0.2, 0.25) is 0 Å². The second-order valence-electron chi connectivity index (χ2n) is 7.29. The van der Waals surface area contributed by atoms with Crippen LogP contribution in [0.1, 0.15) is 64.0 Å². The molecular formula is C20H19F2N7O3. The average Bonchev–Trinajstić information content (AvgIpc) is 3.49. The Balaban J connectivity index is 1.57. The molecule has 2 heterocycles. The highest BCUT2D eigenvalue weighted by molar-refractivity contribution is 5.95. The van der Waals surface area contributed by atoms with Crippen LogP contribution in [0.25, 0.3) is 5.82 Å². The van der Waals surface area contributed by atoms with Crippen molar-refractivity contribution in [1.29, 1.82) is 0 Å². The molecule has 1 atom stereocenters. The SMILES string of the molecule is C[C@H](NC(=O)c1cc(OC(F)F)cc(C2CC2)c1)c1ncnn1-c1cc(C(N)=O)ncn1. The van der Waals surface area contributed by atoms with E-state index in [1.54, 1.807) is 13.0 Å².